The molecule has 0 aromatic heterocycles. The molecule has 3 nitrogen and oxygen atoms in total. The van der Waals surface area contributed by atoms with Crippen LogP contribution in [-0.2, 0) is 4.79 Å². The minimum absolute atomic E-state index is 0.0535. The lowest BCUT2D eigenvalue weighted by Gasteiger charge is -2.08. The highest BCUT2D eigenvalue weighted by Gasteiger charge is 2.07. The van der Waals surface area contributed by atoms with E-state index in [9.17, 15) is 4.79 Å². The van der Waals surface area contributed by atoms with E-state index in [1.54, 1.807) is 23.9 Å². The van der Waals surface area contributed by atoms with Crippen LogP contribution in [0.5, 0.6) is 0 Å². The molecule has 2 aromatic carbocycles. The number of halogens is 2. The number of benzene rings is 2. The van der Waals surface area contributed by atoms with Crippen LogP contribution in [0.1, 0.15) is 6.42 Å². The van der Waals surface area contributed by atoms with Gasteiger partial charge < -0.3 is 11.1 Å². The molecule has 0 saturated heterocycles. The molecule has 0 radical (unpaired) electrons. The molecule has 0 fully saturated rings. The van der Waals surface area contributed by atoms with Crippen LogP contribution >= 0.6 is 39.3 Å². The van der Waals surface area contributed by atoms with Gasteiger partial charge in [-0.25, -0.2) is 0 Å². The summed E-state index contributed by atoms with van der Waals surface area (Å²) in [5.41, 5.74) is 7.04. The summed E-state index contributed by atoms with van der Waals surface area (Å²) in [5.74, 6) is 0.626. The summed E-state index contributed by atoms with van der Waals surface area (Å²) in [6.45, 7) is 0. The van der Waals surface area contributed by atoms with Crippen LogP contribution in [0.2, 0.25) is 5.02 Å². The van der Waals surface area contributed by atoms with Crippen LogP contribution in [0.15, 0.2) is 51.8 Å². The van der Waals surface area contributed by atoms with Crippen LogP contribution in [-0.4, -0.2) is 11.7 Å². The number of para-hydroxylation sites is 1. The summed E-state index contributed by atoms with van der Waals surface area (Å²) < 4.78 is 0.944. The lowest BCUT2D eigenvalue weighted by molar-refractivity contribution is -0.115. The maximum absolute atomic E-state index is 11.9. The molecule has 21 heavy (non-hydrogen) atoms. The first-order chi connectivity index (χ1) is 10.1. The van der Waals surface area contributed by atoms with Crippen molar-refractivity contribution in [2.75, 3.05) is 16.8 Å². The number of nitrogens with one attached hydrogen (secondary N) is 1. The summed E-state index contributed by atoms with van der Waals surface area (Å²) in [7, 11) is 0. The van der Waals surface area contributed by atoms with Crippen molar-refractivity contribution in [3.05, 3.63) is 52.0 Å². The fraction of sp³-hybridized carbons (Fsp3) is 0.133. The predicted molar refractivity (Wildman–Crippen MR) is 94.0 cm³/mol. The van der Waals surface area contributed by atoms with Gasteiger partial charge in [0.05, 0.1) is 10.7 Å². The first-order valence-corrected chi connectivity index (χ1v) is 8.44. The molecule has 6 heteroatoms. The number of anilines is 2. The van der Waals surface area contributed by atoms with E-state index in [1.807, 2.05) is 30.3 Å². The first kappa shape index (κ1) is 16.2. The normalized spacial score (nSPS) is 10.4. The maximum Gasteiger partial charge on any atom is 0.225 e. The molecular weight excluding hydrogens is 372 g/mol. The third-order valence-electron chi connectivity index (χ3n) is 2.69. The third-order valence-corrected chi connectivity index (χ3v) is 5.01. The largest absolute Gasteiger partial charge is 0.399 e. The Morgan fingerprint density at radius 3 is 2.76 bits per heavy atom. The average Bonchev–Trinajstić information content (AvgIpc) is 2.44. The number of hydrogen-bond acceptors (Lipinski definition) is 3. The van der Waals surface area contributed by atoms with Crippen molar-refractivity contribution in [2.24, 2.45) is 0 Å². The standard InChI is InChI=1S/C15H14BrClN2OS/c16-11-9-10(18)5-6-14(11)21-8-7-15(20)19-13-4-2-1-3-12(13)17/h1-6,9H,7-8,18H2,(H,19,20). The van der Waals surface area contributed by atoms with Crippen molar-refractivity contribution in [1.82, 2.24) is 0 Å². The van der Waals surface area contributed by atoms with Crippen LogP contribution < -0.4 is 11.1 Å². The van der Waals surface area contributed by atoms with Gasteiger partial charge in [0, 0.05) is 27.2 Å². The minimum atomic E-state index is -0.0535. The summed E-state index contributed by atoms with van der Waals surface area (Å²) in [4.78, 5) is 12.9. The van der Waals surface area contributed by atoms with Crippen LogP contribution in [0, 0.1) is 0 Å². The molecule has 0 atom stereocenters. The van der Waals surface area contributed by atoms with Gasteiger partial charge >= 0.3 is 0 Å². The van der Waals surface area contributed by atoms with Gasteiger partial charge in [0.25, 0.3) is 0 Å². The smallest absolute Gasteiger partial charge is 0.225 e. The SMILES string of the molecule is Nc1ccc(SCCC(=O)Nc2ccccc2Cl)c(Br)c1. The maximum atomic E-state index is 11.9. The van der Waals surface area contributed by atoms with E-state index in [0.717, 1.165) is 9.37 Å². The Bertz CT molecular complexity index is 651. The molecule has 0 unspecified atom stereocenters. The highest BCUT2D eigenvalue weighted by Crippen LogP contribution is 2.29. The van der Waals surface area contributed by atoms with Crippen LogP contribution in [0.3, 0.4) is 0 Å². The average molecular weight is 386 g/mol. The van der Waals surface area contributed by atoms with E-state index < -0.39 is 0 Å². The molecule has 0 bridgehead atoms. The molecule has 0 heterocycles. The zero-order valence-electron chi connectivity index (χ0n) is 11.1. The van der Waals surface area contributed by atoms with Gasteiger partial charge in [0.1, 0.15) is 0 Å². The third kappa shape index (κ3) is 4.95. The topological polar surface area (TPSA) is 55.1 Å². The number of nitrogens with two attached hydrogens (primary N) is 1. The number of hydrogen-bond donors (Lipinski definition) is 2. The van der Waals surface area contributed by atoms with Gasteiger partial charge in [-0.05, 0) is 46.3 Å². The molecule has 1 amide bonds. The lowest BCUT2D eigenvalue weighted by Crippen LogP contribution is -2.12. The summed E-state index contributed by atoms with van der Waals surface area (Å²) in [6.07, 6.45) is 0.409. The van der Waals surface area contributed by atoms with Gasteiger partial charge in [-0.15, -0.1) is 11.8 Å². The number of nitrogen functional groups attached to an aromatic ring is 1. The first-order valence-electron chi connectivity index (χ1n) is 6.28. The summed E-state index contributed by atoms with van der Waals surface area (Å²) in [5, 5.41) is 3.35. The highest BCUT2D eigenvalue weighted by atomic mass is 79.9. The second-order valence-electron chi connectivity index (χ2n) is 4.32. The molecular formula is C15H14BrClN2OS. The zero-order chi connectivity index (χ0) is 15.2. The molecule has 0 aliphatic rings. The van der Waals surface area contributed by atoms with Crippen LogP contribution in [0.25, 0.3) is 0 Å². The molecule has 0 aliphatic carbocycles. The Hall–Kier alpha value is -1.17. The summed E-state index contributed by atoms with van der Waals surface area (Å²) >= 11 is 11.1. The van der Waals surface area contributed by atoms with Gasteiger partial charge in [-0.1, -0.05) is 23.7 Å². The number of thioether (sulfide) groups is 1. The molecule has 110 valence electrons. The fourth-order valence-corrected chi connectivity index (χ4v) is 3.45. The molecule has 0 saturated carbocycles. The van der Waals surface area contributed by atoms with E-state index >= 15 is 0 Å². The predicted octanol–water partition coefficient (Wildman–Crippen LogP) is 4.81. The second-order valence-corrected chi connectivity index (χ2v) is 6.71. The number of rotatable bonds is 5. The Labute approximate surface area is 141 Å². The van der Waals surface area contributed by atoms with Gasteiger partial charge in [0.15, 0.2) is 0 Å². The van der Waals surface area contributed by atoms with E-state index in [2.05, 4.69) is 21.2 Å². The van der Waals surface area contributed by atoms with E-state index in [-0.39, 0.29) is 5.91 Å². The molecule has 0 aliphatic heterocycles. The number of carbonyl (C=O) groups is 1. The van der Waals surface area contributed by atoms with E-state index in [0.29, 0.717) is 28.6 Å². The molecule has 3 N–H and O–H groups in total. The quantitative estimate of drug-likeness (QED) is 0.574. The van der Waals surface area contributed by atoms with Gasteiger partial charge in [-0.3, -0.25) is 4.79 Å². The Kier molecular flexibility index (Phi) is 5.96. The summed E-state index contributed by atoms with van der Waals surface area (Å²) in [6, 6.07) is 12.8. The van der Waals surface area contributed by atoms with Crippen LogP contribution in [0.4, 0.5) is 11.4 Å². The number of amides is 1. The van der Waals surface area contributed by atoms with Crippen molar-refractivity contribution in [3.8, 4) is 0 Å². The minimum Gasteiger partial charge on any atom is -0.399 e. The highest BCUT2D eigenvalue weighted by molar-refractivity contribution is 9.10. The Balaban J connectivity index is 1.83. The molecule has 2 aromatic rings. The van der Waals surface area contributed by atoms with Crippen molar-refractivity contribution < 1.29 is 4.79 Å². The lowest BCUT2D eigenvalue weighted by atomic mass is 10.3. The van der Waals surface area contributed by atoms with Crippen molar-refractivity contribution in [1.29, 1.82) is 0 Å². The Morgan fingerprint density at radius 2 is 2.05 bits per heavy atom. The molecule has 2 rings (SSSR count). The van der Waals surface area contributed by atoms with Crippen molar-refractivity contribution in [3.63, 3.8) is 0 Å². The fourth-order valence-electron chi connectivity index (χ4n) is 1.66. The molecule has 0 spiro atoms. The number of carbonyl (C=O) groups excluding carboxylic acids is 1. The van der Waals surface area contributed by atoms with E-state index in [4.69, 9.17) is 17.3 Å². The zero-order valence-corrected chi connectivity index (χ0v) is 14.3. The van der Waals surface area contributed by atoms with Gasteiger partial charge in [0.2, 0.25) is 5.91 Å². The van der Waals surface area contributed by atoms with E-state index in [1.165, 1.54) is 0 Å². The van der Waals surface area contributed by atoms with Crippen molar-refractivity contribution >= 4 is 56.6 Å². The van der Waals surface area contributed by atoms with Crippen molar-refractivity contribution in [2.45, 2.75) is 11.3 Å². The monoisotopic (exact) mass is 384 g/mol. The Morgan fingerprint density at radius 1 is 1.29 bits per heavy atom. The second kappa shape index (κ2) is 7.73. The van der Waals surface area contributed by atoms with Gasteiger partial charge in [-0.2, -0.15) is 0 Å².